The SMILES string of the molecule is CNCCCNC(=O)Cc1cccc(F)c1. The quantitative estimate of drug-likeness (QED) is 0.710. The summed E-state index contributed by atoms with van der Waals surface area (Å²) in [5, 5.41) is 5.78. The molecule has 1 aromatic rings. The van der Waals surface area contributed by atoms with E-state index in [1.807, 2.05) is 7.05 Å². The molecule has 0 saturated carbocycles. The van der Waals surface area contributed by atoms with Crippen molar-refractivity contribution in [3.05, 3.63) is 35.6 Å². The fraction of sp³-hybridized carbons (Fsp3) is 0.417. The van der Waals surface area contributed by atoms with E-state index in [-0.39, 0.29) is 18.1 Å². The molecule has 0 aliphatic rings. The first-order valence-corrected chi connectivity index (χ1v) is 5.38. The summed E-state index contributed by atoms with van der Waals surface area (Å²) in [5.41, 5.74) is 0.700. The topological polar surface area (TPSA) is 41.1 Å². The van der Waals surface area contributed by atoms with E-state index in [9.17, 15) is 9.18 Å². The van der Waals surface area contributed by atoms with Crippen molar-refractivity contribution in [1.29, 1.82) is 0 Å². The zero-order valence-electron chi connectivity index (χ0n) is 9.42. The van der Waals surface area contributed by atoms with Crippen LogP contribution in [-0.4, -0.2) is 26.0 Å². The number of amides is 1. The lowest BCUT2D eigenvalue weighted by atomic mass is 10.1. The summed E-state index contributed by atoms with van der Waals surface area (Å²) >= 11 is 0. The average Bonchev–Trinajstić information content (AvgIpc) is 2.24. The van der Waals surface area contributed by atoms with E-state index < -0.39 is 0 Å². The fourth-order valence-corrected chi connectivity index (χ4v) is 1.39. The highest BCUT2D eigenvalue weighted by Gasteiger charge is 2.03. The van der Waals surface area contributed by atoms with Gasteiger partial charge in [0.25, 0.3) is 0 Å². The van der Waals surface area contributed by atoms with Crippen molar-refractivity contribution in [3.8, 4) is 0 Å². The maximum atomic E-state index is 12.8. The molecule has 88 valence electrons. The molecule has 2 N–H and O–H groups in total. The van der Waals surface area contributed by atoms with Crippen molar-refractivity contribution < 1.29 is 9.18 Å². The first-order chi connectivity index (χ1) is 7.72. The highest BCUT2D eigenvalue weighted by atomic mass is 19.1. The third-order valence-electron chi connectivity index (χ3n) is 2.18. The Balaban J connectivity index is 2.29. The van der Waals surface area contributed by atoms with E-state index in [2.05, 4.69) is 10.6 Å². The minimum Gasteiger partial charge on any atom is -0.356 e. The number of benzene rings is 1. The molecule has 1 aromatic carbocycles. The number of hydrogen-bond acceptors (Lipinski definition) is 2. The molecule has 1 rings (SSSR count). The largest absolute Gasteiger partial charge is 0.356 e. The normalized spacial score (nSPS) is 10.1. The molecule has 1 amide bonds. The van der Waals surface area contributed by atoms with Gasteiger partial charge < -0.3 is 10.6 Å². The van der Waals surface area contributed by atoms with Crippen molar-refractivity contribution in [2.75, 3.05) is 20.1 Å². The number of halogens is 1. The summed E-state index contributed by atoms with van der Waals surface area (Å²) in [6, 6.07) is 6.11. The van der Waals surface area contributed by atoms with Gasteiger partial charge >= 0.3 is 0 Å². The summed E-state index contributed by atoms with van der Waals surface area (Å²) in [5.74, 6) is -0.373. The Morgan fingerprint density at radius 2 is 2.19 bits per heavy atom. The molecule has 16 heavy (non-hydrogen) atoms. The van der Waals surface area contributed by atoms with E-state index in [0.29, 0.717) is 12.1 Å². The zero-order chi connectivity index (χ0) is 11.8. The van der Waals surface area contributed by atoms with Crippen LogP contribution < -0.4 is 10.6 Å². The van der Waals surface area contributed by atoms with Crippen LogP contribution in [0.1, 0.15) is 12.0 Å². The van der Waals surface area contributed by atoms with Crippen LogP contribution in [0, 0.1) is 5.82 Å². The summed E-state index contributed by atoms with van der Waals surface area (Å²) < 4.78 is 12.8. The van der Waals surface area contributed by atoms with Crippen LogP contribution in [0.5, 0.6) is 0 Å². The zero-order valence-corrected chi connectivity index (χ0v) is 9.42. The van der Waals surface area contributed by atoms with Gasteiger partial charge in [0.15, 0.2) is 0 Å². The molecular weight excluding hydrogens is 207 g/mol. The Labute approximate surface area is 95.0 Å². The van der Waals surface area contributed by atoms with Crippen molar-refractivity contribution in [3.63, 3.8) is 0 Å². The van der Waals surface area contributed by atoms with E-state index in [4.69, 9.17) is 0 Å². The number of carbonyl (C=O) groups excluding carboxylic acids is 1. The van der Waals surface area contributed by atoms with Crippen LogP contribution in [-0.2, 0) is 11.2 Å². The molecule has 0 radical (unpaired) electrons. The third-order valence-corrected chi connectivity index (χ3v) is 2.18. The Kier molecular flexibility index (Phi) is 5.50. The third kappa shape index (κ3) is 4.89. The first kappa shape index (κ1) is 12.6. The summed E-state index contributed by atoms with van der Waals surface area (Å²) in [6.07, 6.45) is 1.13. The lowest BCUT2D eigenvalue weighted by molar-refractivity contribution is -0.120. The Hall–Kier alpha value is -1.42. The van der Waals surface area contributed by atoms with Crippen LogP contribution >= 0.6 is 0 Å². The van der Waals surface area contributed by atoms with Gasteiger partial charge in [0, 0.05) is 6.54 Å². The van der Waals surface area contributed by atoms with Gasteiger partial charge in [0.2, 0.25) is 5.91 Å². The Bertz CT molecular complexity index is 342. The molecule has 0 aliphatic heterocycles. The van der Waals surface area contributed by atoms with E-state index in [1.165, 1.54) is 12.1 Å². The molecule has 0 saturated heterocycles. The number of carbonyl (C=O) groups is 1. The van der Waals surface area contributed by atoms with Crippen LogP contribution in [0.4, 0.5) is 4.39 Å². The summed E-state index contributed by atoms with van der Waals surface area (Å²) in [4.78, 5) is 11.4. The monoisotopic (exact) mass is 224 g/mol. The Morgan fingerprint density at radius 3 is 2.88 bits per heavy atom. The smallest absolute Gasteiger partial charge is 0.224 e. The van der Waals surface area contributed by atoms with Gasteiger partial charge in [-0.3, -0.25) is 4.79 Å². The van der Waals surface area contributed by atoms with Gasteiger partial charge in [-0.1, -0.05) is 12.1 Å². The number of nitrogens with one attached hydrogen (secondary N) is 2. The summed E-state index contributed by atoms with van der Waals surface area (Å²) in [6.45, 7) is 1.52. The van der Waals surface area contributed by atoms with Gasteiger partial charge in [-0.2, -0.15) is 0 Å². The molecule has 0 unspecified atom stereocenters. The second-order valence-electron chi connectivity index (χ2n) is 3.61. The van der Waals surface area contributed by atoms with Crippen molar-refractivity contribution in [2.45, 2.75) is 12.8 Å². The van der Waals surface area contributed by atoms with E-state index in [0.717, 1.165) is 13.0 Å². The molecule has 0 bridgehead atoms. The highest BCUT2D eigenvalue weighted by Crippen LogP contribution is 2.03. The molecule has 0 spiro atoms. The second kappa shape index (κ2) is 6.95. The van der Waals surface area contributed by atoms with Crippen LogP contribution in [0.2, 0.25) is 0 Å². The molecule has 0 aromatic heterocycles. The Morgan fingerprint density at radius 1 is 1.38 bits per heavy atom. The highest BCUT2D eigenvalue weighted by molar-refractivity contribution is 5.78. The minimum absolute atomic E-state index is 0.0679. The average molecular weight is 224 g/mol. The fourth-order valence-electron chi connectivity index (χ4n) is 1.39. The maximum absolute atomic E-state index is 12.8. The van der Waals surface area contributed by atoms with Crippen molar-refractivity contribution in [2.24, 2.45) is 0 Å². The van der Waals surface area contributed by atoms with E-state index >= 15 is 0 Å². The first-order valence-electron chi connectivity index (χ1n) is 5.38. The molecule has 0 aliphatic carbocycles. The predicted molar refractivity (Wildman–Crippen MR) is 61.7 cm³/mol. The molecule has 3 nitrogen and oxygen atoms in total. The predicted octanol–water partition coefficient (Wildman–Crippen LogP) is 1.09. The van der Waals surface area contributed by atoms with Gasteiger partial charge in [-0.05, 0) is 37.7 Å². The number of rotatable bonds is 6. The van der Waals surface area contributed by atoms with Crippen molar-refractivity contribution in [1.82, 2.24) is 10.6 Å². The molecule has 0 fully saturated rings. The standard InChI is InChI=1S/C12H17FN2O/c1-14-6-3-7-15-12(16)9-10-4-2-5-11(13)8-10/h2,4-5,8,14H,3,6-7,9H2,1H3,(H,15,16). The second-order valence-corrected chi connectivity index (χ2v) is 3.61. The van der Waals surface area contributed by atoms with Gasteiger partial charge in [0.1, 0.15) is 5.82 Å². The number of hydrogen-bond donors (Lipinski definition) is 2. The van der Waals surface area contributed by atoms with Gasteiger partial charge in [-0.15, -0.1) is 0 Å². The van der Waals surface area contributed by atoms with Gasteiger partial charge in [-0.25, -0.2) is 4.39 Å². The lowest BCUT2D eigenvalue weighted by Gasteiger charge is -2.05. The van der Waals surface area contributed by atoms with Gasteiger partial charge in [0.05, 0.1) is 6.42 Å². The molecule has 0 heterocycles. The van der Waals surface area contributed by atoms with E-state index in [1.54, 1.807) is 12.1 Å². The molecule has 4 heteroatoms. The van der Waals surface area contributed by atoms with Crippen LogP contribution in [0.25, 0.3) is 0 Å². The molecular formula is C12H17FN2O. The van der Waals surface area contributed by atoms with Crippen LogP contribution in [0.15, 0.2) is 24.3 Å². The van der Waals surface area contributed by atoms with Crippen molar-refractivity contribution >= 4 is 5.91 Å². The summed E-state index contributed by atoms with van der Waals surface area (Å²) in [7, 11) is 1.87. The van der Waals surface area contributed by atoms with Crippen LogP contribution in [0.3, 0.4) is 0 Å². The maximum Gasteiger partial charge on any atom is 0.224 e. The molecule has 0 atom stereocenters. The minimum atomic E-state index is -0.305. The lowest BCUT2D eigenvalue weighted by Crippen LogP contribution is -2.27.